The Morgan fingerprint density at radius 1 is 0.919 bits per heavy atom. The van der Waals surface area contributed by atoms with Crippen LogP contribution in [0.2, 0.25) is 0 Å². The van der Waals surface area contributed by atoms with Crippen LogP contribution in [-0.2, 0) is 6.42 Å². The van der Waals surface area contributed by atoms with Crippen LogP contribution in [0.4, 0.5) is 29.3 Å². The van der Waals surface area contributed by atoms with Gasteiger partial charge in [-0.3, -0.25) is 9.69 Å². The molecule has 37 heavy (non-hydrogen) atoms. The first-order valence-electron chi connectivity index (χ1n) is 11.3. The summed E-state index contributed by atoms with van der Waals surface area (Å²) in [5.41, 5.74) is 1.55. The number of nitrogens with zero attached hydrogens (tertiary/aromatic N) is 4. The molecular weight excluding hydrogens is 485 g/mol. The van der Waals surface area contributed by atoms with Gasteiger partial charge < -0.3 is 10.0 Å². The van der Waals surface area contributed by atoms with Crippen molar-refractivity contribution in [2.24, 2.45) is 0 Å². The summed E-state index contributed by atoms with van der Waals surface area (Å²) in [6.07, 6.45) is 0.139. The second kappa shape index (κ2) is 11.0. The van der Waals surface area contributed by atoms with Gasteiger partial charge in [0.15, 0.2) is 17.5 Å². The van der Waals surface area contributed by atoms with Crippen LogP contribution in [0.25, 0.3) is 5.69 Å². The lowest BCUT2D eigenvalue weighted by atomic mass is 10.1. The van der Waals surface area contributed by atoms with Gasteiger partial charge in [0.1, 0.15) is 5.69 Å². The predicted molar refractivity (Wildman–Crippen MR) is 134 cm³/mol. The van der Waals surface area contributed by atoms with E-state index in [-0.39, 0.29) is 24.3 Å². The maximum Gasteiger partial charge on any atom is 0.411 e. The first-order chi connectivity index (χ1) is 17.7. The molecule has 0 saturated carbocycles. The average molecular weight is 509 g/mol. The Morgan fingerprint density at radius 2 is 1.59 bits per heavy atom. The fourth-order valence-corrected chi connectivity index (χ4v) is 3.81. The normalized spacial score (nSPS) is 10.8. The van der Waals surface area contributed by atoms with Crippen LogP contribution in [0.1, 0.15) is 11.3 Å². The third kappa shape index (κ3) is 5.97. The Hall–Kier alpha value is -4.60. The van der Waals surface area contributed by atoms with E-state index in [0.29, 0.717) is 17.8 Å². The maximum absolute atomic E-state index is 13.7. The fourth-order valence-electron chi connectivity index (χ4n) is 3.81. The quantitative estimate of drug-likeness (QED) is 0.344. The molecule has 1 amide bonds. The zero-order valence-corrected chi connectivity index (χ0v) is 19.8. The molecule has 4 aromatic rings. The first kappa shape index (κ1) is 25.5. The van der Waals surface area contributed by atoms with E-state index in [4.69, 9.17) is 0 Å². The maximum atomic E-state index is 13.7. The van der Waals surface area contributed by atoms with Crippen molar-refractivity contribution in [3.05, 3.63) is 118 Å². The third-order valence-electron chi connectivity index (χ3n) is 5.79. The van der Waals surface area contributed by atoms with Crippen LogP contribution < -0.4 is 15.2 Å². The van der Waals surface area contributed by atoms with Crippen molar-refractivity contribution < 1.29 is 23.1 Å². The molecule has 1 aromatic heterocycles. The Bertz CT molecular complexity index is 1450. The Labute approximate surface area is 210 Å². The van der Waals surface area contributed by atoms with Crippen LogP contribution in [0.5, 0.6) is 0 Å². The van der Waals surface area contributed by atoms with E-state index >= 15 is 0 Å². The standard InChI is InChI=1S/C27H23F3N4O3/c1-32(19-7-3-2-4-8-19)12-13-33(27(36)37)20-9-5-6-18(14-20)15-24-25(35)10-11-34(31-24)21-16-22(28)26(30)23(29)17-21/h2-11,14,16-17H,12-13,15H2,1H3,(H,36,37). The highest BCUT2D eigenvalue weighted by Gasteiger charge is 2.17. The molecule has 0 aliphatic heterocycles. The van der Waals surface area contributed by atoms with Gasteiger partial charge in [0.2, 0.25) is 5.43 Å². The lowest BCUT2D eigenvalue weighted by Crippen LogP contribution is -2.36. The van der Waals surface area contributed by atoms with Crippen molar-refractivity contribution in [3.63, 3.8) is 0 Å². The second-order valence-corrected chi connectivity index (χ2v) is 8.33. The number of hydrogen-bond acceptors (Lipinski definition) is 4. The number of halogens is 3. The first-order valence-corrected chi connectivity index (χ1v) is 11.3. The van der Waals surface area contributed by atoms with Gasteiger partial charge in [0, 0.05) is 62.3 Å². The van der Waals surface area contributed by atoms with Crippen LogP contribution in [0, 0.1) is 17.5 Å². The van der Waals surface area contributed by atoms with Crippen molar-refractivity contribution in [2.75, 3.05) is 29.9 Å². The molecule has 0 fully saturated rings. The number of carboxylic acid groups (broad SMARTS) is 1. The number of amides is 1. The van der Waals surface area contributed by atoms with Gasteiger partial charge in [0.25, 0.3) is 0 Å². The highest BCUT2D eigenvalue weighted by Crippen LogP contribution is 2.20. The zero-order valence-electron chi connectivity index (χ0n) is 19.8. The Morgan fingerprint density at radius 3 is 2.27 bits per heavy atom. The van der Waals surface area contributed by atoms with Crippen molar-refractivity contribution in [1.82, 2.24) is 9.78 Å². The molecule has 1 heterocycles. The van der Waals surface area contributed by atoms with Gasteiger partial charge in [-0.2, -0.15) is 5.10 Å². The molecule has 190 valence electrons. The number of benzene rings is 3. The van der Waals surface area contributed by atoms with Crippen LogP contribution in [-0.4, -0.2) is 41.1 Å². The van der Waals surface area contributed by atoms with Gasteiger partial charge in [-0.15, -0.1) is 0 Å². The van der Waals surface area contributed by atoms with Gasteiger partial charge in [0.05, 0.1) is 5.69 Å². The summed E-state index contributed by atoms with van der Waals surface area (Å²) in [4.78, 5) is 27.6. The minimum absolute atomic E-state index is 0.0387. The molecule has 0 unspecified atom stereocenters. The molecule has 10 heteroatoms. The summed E-state index contributed by atoms with van der Waals surface area (Å²) in [6, 6.07) is 19.0. The summed E-state index contributed by atoms with van der Waals surface area (Å²) in [7, 11) is 1.87. The smallest absolute Gasteiger partial charge is 0.411 e. The molecule has 4 rings (SSSR count). The zero-order chi connectivity index (χ0) is 26.5. The van der Waals surface area contributed by atoms with E-state index in [9.17, 15) is 27.9 Å². The fraction of sp³-hybridized carbons (Fsp3) is 0.148. The van der Waals surface area contributed by atoms with E-state index in [2.05, 4.69) is 5.10 Å². The van der Waals surface area contributed by atoms with E-state index in [1.807, 2.05) is 42.3 Å². The number of para-hydroxylation sites is 1. The second-order valence-electron chi connectivity index (χ2n) is 8.33. The number of likely N-dealkylation sites (N-methyl/N-ethyl adjacent to an activating group) is 1. The van der Waals surface area contributed by atoms with E-state index in [0.717, 1.165) is 22.5 Å². The van der Waals surface area contributed by atoms with Crippen molar-refractivity contribution in [2.45, 2.75) is 6.42 Å². The Kier molecular flexibility index (Phi) is 7.57. The molecule has 0 radical (unpaired) electrons. The average Bonchev–Trinajstić information content (AvgIpc) is 2.89. The molecular formula is C27H23F3N4O3. The lowest BCUT2D eigenvalue weighted by Gasteiger charge is -2.25. The van der Waals surface area contributed by atoms with E-state index in [1.165, 1.54) is 17.2 Å². The highest BCUT2D eigenvalue weighted by molar-refractivity contribution is 5.86. The number of hydrogen-bond donors (Lipinski definition) is 1. The summed E-state index contributed by atoms with van der Waals surface area (Å²) < 4.78 is 41.7. The highest BCUT2D eigenvalue weighted by atomic mass is 19.2. The summed E-state index contributed by atoms with van der Waals surface area (Å²) in [5.74, 6) is -4.35. The van der Waals surface area contributed by atoms with E-state index in [1.54, 1.807) is 24.3 Å². The van der Waals surface area contributed by atoms with Crippen LogP contribution in [0.15, 0.2) is 83.8 Å². The lowest BCUT2D eigenvalue weighted by molar-refractivity contribution is 0.202. The van der Waals surface area contributed by atoms with Crippen molar-refractivity contribution in [1.29, 1.82) is 0 Å². The molecule has 7 nitrogen and oxygen atoms in total. The van der Waals surface area contributed by atoms with Crippen LogP contribution >= 0.6 is 0 Å². The van der Waals surface area contributed by atoms with Gasteiger partial charge in [-0.25, -0.2) is 22.6 Å². The largest absolute Gasteiger partial charge is 0.465 e. The summed E-state index contributed by atoms with van der Waals surface area (Å²) in [5, 5.41) is 14.0. The molecule has 0 aliphatic carbocycles. The Balaban J connectivity index is 1.55. The monoisotopic (exact) mass is 508 g/mol. The molecule has 0 spiro atoms. The molecule has 0 atom stereocenters. The molecule has 3 aromatic carbocycles. The SMILES string of the molecule is CN(CCN(C(=O)O)c1cccc(Cc2nn(-c3cc(F)c(F)c(F)c3)ccc2=O)c1)c1ccccc1. The minimum atomic E-state index is -1.60. The number of anilines is 2. The molecule has 0 bridgehead atoms. The van der Waals surface area contributed by atoms with Gasteiger partial charge >= 0.3 is 6.09 Å². The van der Waals surface area contributed by atoms with Crippen LogP contribution in [0.3, 0.4) is 0 Å². The van der Waals surface area contributed by atoms with Gasteiger partial charge in [-0.1, -0.05) is 30.3 Å². The van der Waals surface area contributed by atoms with E-state index < -0.39 is 29.0 Å². The summed E-state index contributed by atoms with van der Waals surface area (Å²) in [6.45, 7) is 0.637. The van der Waals surface area contributed by atoms with Gasteiger partial charge in [-0.05, 0) is 29.8 Å². The van der Waals surface area contributed by atoms with Crippen molar-refractivity contribution in [3.8, 4) is 5.69 Å². The third-order valence-corrected chi connectivity index (χ3v) is 5.79. The summed E-state index contributed by atoms with van der Waals surface area (Å²) >= 11 is 0. The topological polar surface area (TPSA) is 78.7 Å². The number of rotatable bonds is 8. The molecule has 0 saturated heterocycles. The predicted octanol–water partition coefficient (Wildman–Crippen LogP) is 4.86. The number of aromatic nitrogens is 2. The molecule has 0 aliphatic rings. The minimum Gasteiger partial charge on any atom is -0.465 e. The number of carbonyl (C=O) groups is 1. The molecule has 1 N–H and O–H groups in total. The van der Waals surface area contributed by atoms with Crippen molar-refractivity contribution >= 4 is 17.5 Å².